The number of carboxylic acid groups (broad SMARTS) is 1. The van der Waals surface area contributed by atoms with Gasteiger partial charge >= 0.3 is 5.97 Å². The van der Waals surface area contributed by atoms with Crippen LogP contribution in [-0.2, 0) is 11.2 Å². The number of aliphatic hydroxyl groups excluding tert-OH is 1. The van der Waals surface area contributed by atoms with E-state index in [9.17, 15) is 9.90 Å². The van der Waals surface area contributed by atoms with Gasteiger partial charge in [-0.1, -0.05) is 29.8 Å². The Morgan fingerprint density at radius 1 is 1.33 bits per heavy atom. The minimum absolute atomic E-state index is 0.200. The fraction of sp³-hybridized carbons (Fsp3) is 0.500. The number of aliphatic hydroxyl groups is 1. The van der Waals surface area contributed by atoms with Gasteiger partial charge in [0.05, 0.1) is 12.5 Å². The van der Waals surface area contributed by atoms with Gasteiger partial charge in [0.2, 0.25) is 0 Å². The van der Waals surface area contributed by atoms with Gasteiger partial charge in [-0.2, -0.15) is 0 Å². The van der Waals surface area contributed by atoms with E-state index in [1.54, 1.807) is 0 Å². The van der Waals surface area contributed by atoms with Crippen LogP contribution in [0, 0.1) is 6.92 Å². The average molecular weight is 251 g/mol. The second-order valence-electron chi connectivity index (χ2n) is 4.75. The third-order valence-electron chi connectivity index (χ3n) is 2.84. The number of hydrogen-bond acceptors (Lipinski definition) is 3. The first-order valence-corrected chi connectivity index (χ1v) is 6.11. The summed E-state index contributed by atoms with van der Waals surface area (Å²) in [6.07, 6.45) is -0.101. The molecule has 0 saturated heterocycles. The number of benzene rings is 1. The van der Waals surface area contributed by atoms with Gasteiger partial charge in [0.15, 0.2) is 0 Å². The standard InChI is InChI=1S/C14H21NO3/c1-11-3-5-12(6-4-11)7-8-15(2)10-13(16)9-14(17)18/h3-6,13,16H,7-10H2,1-2H3,(H,17,18). The number of rotatable bonds is 7. The molecule has 2 N–H and O–H groups in total. The molecule has 1 rings (SSSR count). The lowest BCUT2D eigenvalue weighted by Gasteiger charge is -2.19. The molecule has 0 aromatic heterocycles. The lowest BCUT2D eigenvalue weighted by Crippen LogP contribution is -2.32. The zero-order valence-corrected chi connectivity index (χ0v) is 11.0. The van der Waals surface area contributed by atoms with Crippen molar-refractivity contribution in [3.05, 3.63) is 35.4 Å². The monoisotopic (exact) mass is 251 g/mol. The van der Waals surface area contributed by atoms with Gasteiger partial charge in [-0.05, 0) is 26.0 Å². The van der Waals surface area contributed by atoms with E-state index in [0.29, 0.717) is 6.54 Å². The molecule has 0 aliphatic carbocycles. The summed E-state index contributed by atoms with van der Waals surface area (Å²) < 4.78 is 0. The Labute approximate surface area is 108 Å². The van der Waals surface area contributed by atoms with E-state index in [4.69, 9.17) is 5.11 Å². The van der Waals surface area contributed by atoms with E-state index in [-0.39, 0.29) is 6.42 Å². The number of likely N-dealkylation sites (N-methyl/N-ethyl adjacent to an activating group) is 1. The lowest BCUT2D eigenvalue weighted by molar-refractivity contribution is -0.139. The van der Waals surface area contributed by atoms with Crippen LogP contribution < -0.4 is 0 Å². The van der Waals surface area contributed by atoms with Gasteiger partial charge in [-0.25, -0.2) is 0 Å². The van der Waals surface area contributed by atoms with Crippen molar-refractivity contribution >= 4 is 5.97 Å². The Hall–Kier alpha value is -1.39. The van der Waals surface area contributed by atoms with Crippen molar-refractivity contribution in [3.8, 4) is 0 Å². The molecule has 4 heteroatoms. The third-order valence-corrected chi connectivity index (χ3v) is 2.84. The fourth-order valence-corrected chi connectivity index (χ4v) is 1.79. The Morgan fingerprint density at radius 2 is 1.94 bits per heavy atom. The zero-order valence-electron chi connectivity index (χ0n) is 11.0. The summed E-state index contributed by atoms with van der Waals surface area (Å²) in [5.41, 5.74) is 2.49. The quantitative estimate of drug-likeness (QED) is 0.767. The van der Waals surface area contributed by atoms with Crippen LogP contribution in [-0.4, -0.2) is 47.3 Å². The molecule has 0 spiro atoms. The van der Waals surface area contributed by atoms with Gasteiger partial charge in [-0.15, -0.1) is 0 Å². The van der Waals surface area contributed by atoms with Gasteiger partial charge in [0.25, 0.3) is 0 Å². The highest BCUT2D eigenvalue weighted by atomic mass is 16.4. The molecule has 0 aliphatic rings. The van der Waals surface area contributed by atoms with E-state index in [0.717, 1.165) is 13.0 Å². The molecule has 0 fully saturated rings. The fourth-order valence-electron chi connectivity index (χ4n) is 1.79. The lowest BCUT2D eigenvalue weighted by atomic mass is 10.1. The maximum absolute atomic E-state index is 10.4. The van der Waals surface area contributed by atoms with Crippen LogP contribution in [0.4, 0.5) is 0 Å². The van der Waals surface area contributed by atoms with E-state index < -0.39 is 12.1 Å². The zero-order chi connectivity index (χ0) is 13.5. The van der Waals surface area contributed by atoms with Gasteiger partial charge in [0.1, 0.15) is 0 Å². The number of aliphatic carboxylic acids is 1. The number of nitrogens with zero attached hydrogens (tertiary/aromatic N) is 1. The highest BCUT2D eigenvalue weighted by molar-refractivity contribution is 5.67. The van der Waals surface area contributed by atoms with Crippen LogP contribution in [0.25, 0.3) is 0 Å². The van der Waals surface area contributed by atoms with Crippen LogP contribution in [0.5, 0.6) is 0 Å². The minimum atomic E-state index is -0.963. The highest BCUT2D eigenvalue weighted by Gasteiger charge is 2.11. The molecule has 0 aliphatic heterocycles. The van der Waals surface area contributed by atoms with Gasteiger partial charge in [-0.3, -0.25) is 4.79 Å². The molecule has 0 radical (unpaired) electrons. The summed E-state index contributed by atoms with van der Waals surface area (Å²) in [5.74, 6) is -0.963. The molecular formula is C14H21NO3. The Kier molecular flexibility index (Phi) is 5.82. The number of aryl methyl sites for hydroxylation is 1. The Balaban J connectivity index is 2.30. The number of carbonyl (C=O) groups is 1. The van der Waals surface area contributed by atoms with Crippen LogP contribution in [0.1, 0.15) is 17.5 Å². The van der Waals surface area contributed by atoms with Crippen molar-refractivity contribution in [1.82, 2.24) is 4.90 Å². The maximum Gasteiger partial charge on any atom is 0.306 e. The molecular weight excluding hydrogens is 230 g/mol. The molecule has 1 atom stereocenters. The first-order chi connectivity index (χ1) is 8.47. The molecule has 1 unspecified atom stereocenters. The van der Waals surface area contributed by atoms with Crippen LogP contribution >= 0.6 is 0 Å². The third kappa shape index (κ3) is 5.80. The summed E-state index contributed by atoms with van der Waals surface area (Å²) in [5, 5.41) is 18.1. The highest BCUT2D eigenvalue weighted by Crippen LogP contribution is 2.05. The van der Waals surface area contributed by atoms with E-state index in [1.807, 2.05) is 11.9 Å². The Morgan fingerprint density at radius 3 is 2.50 bits per heavy atom. The largest absolute Gasteiger partial charge is 0.481 e. The Bertz CT molecular complexity index is 375. The van der Waals surface area contributed by atoms with Crippen molar-refractivity contribution in [2.75, 3.05) is 20.1 Å². The predicted molar refractivity (Wildman–Crippen MR) is 70.6 cm³/mol. The molecule has 1 aromatic carbocycles. The SMILES string of the molecule is Cc1ccc(CCN(C)CC(O)CC(=O)O)cc1. The van der Waals surface area contributed by atoms with Crippen LogP contribution in [0.15, 0.2) is 24.3 Å². The van der Waals surface area contributed by atoms with Crippen LogP contribution in [0.2, 0.25) is 0 Å². The van der Waals surface area contributed by atoms with Crippen LogP contribution in [0.3, 0.4) is 0 Å². The number of carboxylic acids is 1. The smallest absolute Gasteiger partial charge is 0.306 e. The first-order valence-electron chi connectivity index (χ1n) is 6.11. The summed E-state index contributed by atoms with van der Waals surface area (Å²) in [6.45, 7) is 3.25. The van der Waals surface area contributed by atoms with Crippen molar-refractivity contribution in [2.45, 2.75) is 25.9 Å². The molecule has 4 nitrogen and oxygen atoms in total. The minimum Gasteiger partial charge on any atom is -0.481 e. The molecule has 0 saturated carbocycles. The van der Waals surface area contributed by atoms with Crippen molar-refractivity contribution in [1.29, 1.82) is 0 Å². The van der Waals surface area contributed by atoms with Crippen molar-refractivity contribution in [2.24, 2.45) is 0 Å². The summed E-state index contributed by atoms with van der Waals surface area (Å²) in [6, 6.07) is 8.34. The van der Waals surface area contributed by atoms with Gasteiger partial charge < -0.3 is 15.1 Å². The maximum atomic E-state index is 10.4. The predicted octanol–water partition coefficient (Wildman–Crippen LogP) is 1.30. The number of hydrogen-bond donors (Lipinski definition) is 2. The molecule has 100 valence electrons. The average Bonchev–Trinajstić information content (AvgIpc) is 2.27. The van der Waals surface area contributed by atoms with E-state index in [2.05, 4.69) is 31.2 Å². The first kappa shape index (κ1) is 14.7. The van der Waals surface area contributed by atoms with E-state index >= 15 is 0 Å². The van der Waals surface area contributed by atoms with E-state index in [1.165, 1.54) is 11.1 Å². The van der Waals surface area contributed by atoms with Crippen molar-refractivity contribution < 1.29 is 15.0 Å². The molecule has 0 bridgehead atoms. The second-order valence-corrected chi connectivity index (χ2v) is 4.75. The van der Waals surface area contributed by atoms with Gasteiger partial charge in [0, 0.05) is 13.1 Å². The second kappa shape index (κ2) is 7.13. The topological polar surface area (TPSA) is 60.8 Å². The summed E-state index contributed by atoms with van der Waals surface area (Å²) >= 11 is 0. The molecule has 0 amide bonds. The summed E-state index contributed by atoms with van der Waals surface area (Å²) in [7, 11) is 1.89. The molecule has 0 heterocycles. The normalized spacial score (nSPS) is 12.7. The molecule has 1 aromatic rings. The summed E-state index contributed by atoms with van der Waals surface area (Å²) in [4.78, 5) is 12.4. The molecule has 18 heavy (non-hydrogen) atoms. The van der Waals surface area contributed by atoms with Crippen molar-refractivity contribution in [3.63, 3.8) is 0 Å².